The minimum atomic E-state index is -4.95. The summed E-state index contributed by atoms with van der Waals surface area (Å²) in [6.07, 6.45) is 43.3. The van der Waals surface area contributed by atoms with Crippen molar-refractivity contribution in [3.05, 3.63) is 0 Å². The number of carbonyl (C=O) groups excluding carboxylic acids is 4. The Morgan fingerprint density at radius 3 is 0.789 bits per heavy atom. The average Bonchev–Trinajstić information content (AvgIpc) is 2.72. The van der Waals surface area contributed by atoms with Gasteiger partial charge in [-0.3, -0.25) is 37.3 Å². The van der Waals surface area contributed by atoms with Crippen molar-refractivity contribution in [2.45, 2.75) is 369 Å². The Labute approximate surface area is 549 Å². The van der Waals surface area contributed by atoms with E-state index in [1.54, 1.807) is 0 Å². The molecule has 19 heteroatoms. The van der Waals surface area contributed by atoms with Crippen LogP contribution in [0.2, 0.25) is 0 Å². The van der Waals surface area contributed by atoms with Crippen LogP contribution in [-0.4, -0.2) is 96.7 Å². The molecule has 0 spiro atoms. The molecule has 0 aromatic carbocycles. The van der Waals surface area contributed by atoms with Crippen molar-refractivity contribution in [3.8, 4) is 0 Å². The number of rotatable bonds is 68. The highest BCUT2D eigenvalue weighted by Gasteiger charge is 2.30. The van der Waals surface area contributed by atoms with Gasteiger partial charge in [-0.15, -0.1) is 0 Å². The molecule has 0 amide bonds. The van der Waals surface area contributed by atoms with Crippen LogP contribution in [0.25, 0.3) is 0 Å². The molecule has 0 aliphatic rings. The fourth-order valence-corrected chi connectivity index (χ4v) is 12.2. The van der Waals surface area contributed by atoms with Crippen molar-refractivity contribution < 1.29 is 80.2 Å². The summed E-state index contributed by atoms with van der Waals surface area (Å²) in [4.78, 5) is 72.5. The molecule has 0 rings (SSSR count). The molecular formula is C71H138O17P2. The van der Waals surface area contributed by atoms with Gasteiger partial charge in [-0.2, -0.15) is 0 Å². The quantitative estimate of drug-likeness (QED) is 0.0222. The summed E-state index contributed by atoms with van der Waals surface area (Å²) in [6, 6.07) is 0. The Balaban J connectivity index is 5.20. The highest BCUT2D eigenvalue weighted by Crippen LogP contribution is 2.45. The summed E-state index contributed by atoms with van der Waals surface area (Å²) in [5.41, 5.74) is 0. The van der Waals surface area contributed by atoms with Gasteiger partial charge in [-0.25, -0.2) is 9.13 Å². The molecule has 0 heterocycles. The van der Waals surface area contributed by atoms with Gasteiger partial charge < -0.3 is 33.8 Å². The van der Waals surface area contributed by atoms with E-state index in [0.29, 0.717) is 37.5 Å². The number of hydrogen-bond acceptors (Lipinski definition) is 15. The largest absolute Gasteiger partial charge is 0.472 e. The lowest BCUT2D eigenvalue weighted by atomic mass is 9.99. The molecule has 0 fully saturated rings. The van der Waals surface area contributed by atoms with Gasteiger partial charge in [0.2, 0.25) is 0 Å². The summed E-state index contributed by atoms with van der Waals surface area (Å²) in [5.74, 6) is 0.833. The molecular weight excluding hydrogens is 1190 g/mol. The third kappa shape index (κ3) is 63.5. The first-order valence-electron chi connectivity index (χ1n) is 36.7. The molecule has 0 radical (unpaired) electrons. The smallest absolute Gasteiger partial charge is 0.462 e. The van der Waals surface area contributed by atoms with Crippen LogP contribution in [0.4, 0.5) is 0 Å². The Hall–Kier alpha value is -1.94. The van der Waals surface area contributed by atoms with Gasteiger partial charge in [0, 0.05) is 25.7 Å². The predicted octanol–water partition coefficient (Wildman–Crippen LogP) is 20.1. The average molecular weight is 1330 g/mol. The number of phosphoric acid groups is 2. The van der Waals surface area contributed by atoms with E-state index in [1.807, 2.05) is 0 Å². The third-order valence-corrected chi connectivity index (χ3v) is 18.6. The first kappa shape index (κ1) is 88.1. The first-order chi connectivity index (χ1) is 43.1. The van der Waals surface area contributed by atoms with Crippen LogP contribution in [-0.2, 0) is 65.4 Å². The number of phosphoric ester groups is 2. The van der Waals surface area contributed by atoms with E-state index in [-0.39, 0.29) is 25.7 Å². The summed E-state index contributed by atoms with van der Waals surface area (Å²) in [7, 11) is -9.90. The molecule has 90 heavy (non-hydrogen) atoms. The van der Waals surface area contributed by atoms with E-state index < -0.39 is 97.5 Å². The van der Waals surface area contributed by atoms with Crippen LogP contribution in [0.5, 0.6) is 0 Å². The van der Waals surface area contributed by atoms with Gasteiger partial charge in [0.1, 0.15) is 19.3 Å². The maximum Gasteiger partial charge on any atom is 0.472 e. The summed E-state index contributed by atoms with van der Waals surface area (Å²) in [6.45, 7) is 14.0. The van der Waals surface area contributed by atoms with E-state index in [1.165, 1.54) is 141 Å². The first-order valence-corrected chi connectivity index (χ1v) is 39.7. The van der Waals surface area contributed by atoms with Crippen LogP contribution < -0.4 is 0 Å². The minimum Gasteiger partial charge on any atom is -0.462 e. The van der Waals surface area contributed by atoms with Gasteiger partial charge in [0.05, 0.1) is 26.4 Å². The summed E-state index contributed by atoms with van der Waals surface area (Å²) < 4.78 is 68.2. The zero-order chi connectivity index (χ0) is 66.8. The van der Waals surface area contributed by atoms with Crippen LogP contribution in [0, 0.1) is 23.7 Å². The zero-order valence-corrected chi connectivity index (χ0v) is 60.6. The number of hydrogen-bond donors (Lipinski definition) is 3. The van der Waals surface area contributed by atoms with Crippen molar-refractivity contribution in [1.82, 2.24) is 0 Å². The SMILES string of the molecule is CCC(C)CCCCCCCCCCCCC(=O)O[C@H](COC(=O)CCCCCCCCC(C)C)COP(=O)(O)OC[C@H](O)COP(=O)(O)OC[C@@H](COC(=O)CCCCCCCCC(C)C)OC(=O)CCCCCCCCCCCCCCCCCC(C)C. The number of ether oxygens (including phenoxy) is 4. The molecule has 0 saturated carbocycles. The number of unbranched alkanes of at least 4 members (excludes halogenated alkanes) is 33. The molecule has 0 aromatic rings. The van der Waals surface area contributed by atoms with Gasteiger partial charge >= 0.3 is 39.5 Å². The molecule has 3 N–H and O–H groups in total. The molecule has 0 aliphatic heterocycles. The second-order valence-corrected chi connectivity index (χ2v) is 30.2. The molecule has 0 aliphatic carbocycles. The fraction of sp³-hybridized carbons (Fsp3) is 0.944. The third-order valence-electron chi connectivity index (χ3n) is 16.7. The van der Waals surface area contributed by atoms with E-state index in [4.69, 9.17) is 37.0 Å². The highest BCUT2D eigenvalue weighted by atomic mass is 31.2. The van der Waals surface area contributed by atoms with Gasteiger partial charge in [0.25, 0.3) is 0 Å². The summed E-state index contributed by atoms with van der Waals surface area (Å²) in [5, 5.41) is 10.6. The Morgan fingerprint density at radius 2 is 0.533 bits per heavy atom. The molecule has 3 unspecified atom stereocenters. The second-order valence-electron chi connectivity index (χ2n) is 27.3. The number of esters is 4. The maximum atomic E-state index is 13.0. The van der Waals surface area contributed by atoms with E-state index in [9.17, 15) is 43.2 Å². The van der Waals surface area contributed by atoms with Gasteiger partial charge in [0.15, 0.2) is 12.2 Å². The number of aliphatic hydroxyl groups excluding tert-OH is 1. The van der Waals surface area contributed by atoms with Crippen LogP contribution in [0.15, 0.2) is 0 Å². The van der Waals surface area contributed by atoms with Crippen molar-refractivity contribution in [2.24, 2.45) is 23.7 Å². The van der Waals surface area contributed by atoms with Gasteiger partial charge in [-0.05, 0) is 49.4 Å². The number of aliphatic hydroxyl groups is 1. The van der Waals surface area contributed by atoms with E-state index in [0.717, 1.165) is 115 Å². The molecule has 17 nitrogen and oxygen atoms in total. The topological polar surface area (TPSA) is 237 Å². The van der Waals surface area contributed by atoms with E-state index >= 15 is 0 Å². The zero-order valence-electron chi connectivity index (χ0n) is 58.8. The van der Waals surface area contributed by atoms with Crippen molar-refractivity contribution in [1.29, 1.82) is 0 Å². The van der Waals surface area contributed by atoms with Crippen LogP contribution in [0.1, 0.15) is 351 Å². The second kappa shape index (κ2) is 60.7. The van der Waals surface area contributed by atoms with Crippen molar-refractivity contribution >= 4 is 39.5 Å². The minimum absolute atomic E-state index is 0.105. The van der Waals surface area contributed by atoms with Crippen molar-refractivity contribution in [2.75, 3.05) is 39.6 Å². The molecule has 534 valence electrons. The lowest BCUT2D eigenvalue weighted by Gasteiger charge is -2.21. The lowest BCUT2D eigenvalue weighted by molar-refractivity contribution is -0.161. The Kier molecular flexibility index (Phi) is 59.4. The molecule has 0 saturated heterocycles. The van der Waals surface area contributed by atoms with Crippen LogP contribution in [0.3, 0.4) is 0 Å². The predicted molar refractivity (Wildman–Crippen MR) is 363 cm³/mol. The number of carbonyl (C=O) groups is 4. The maximum absolute atomic E-state index is 13.0. The monoisotopic (exact) mass is 1320 g/mol. The standard InChI is InChI=1S/C71H138O17P2/c1-9-64(8)50-42-34-24-20-17-18-22-26-38-46-54-71(76)88-67(58-82-69(74)52-44-36-30-28-33-41-49-63(6)7)60-86-90(79,80)84-56-65(72)55-83-89(77,78)85-59-66(57-81-68(73)51-43-35-29-27-32-40-48-62(4)5)87-70(75)53-45-37-25-21-16-14-12-10-11-13-15-19-23-31-39-47-61(2)3/h61-67,72H,9-60H2,1-8H3,(H,77,78)(H,79,80)/t64?,65-,66-,67-/m1/s1. The Bertz CT molecular complexity index is 1780. The van der Waals surface area contributed by atoms with Gasteiger partial charge in [-0.1, -0.05) is 299 Å². The molecule has 0 bridgehead atoms. The normalized spacial score (nSPS) is 14.6. The van der Waals surface area contributed by atoms with Crippen LogP contribution >= 0.6 is 15.6 Å². The molecule has 0 aromatic heterocycles. The summed E-state index contributed by atoms with van der Waals surface area (Å²) >= 11 is 0. The fourth-order valence-electron chi connectivity index (χ4n) is 10.6. The highest BCUT2D eigenvalue weighted by molar-refractivity contribution is 7.47. The van der Waals surface area contributed by atoms with Crippen molar-refractivity contribution in [3.63, 3.8) is 0 Å². The molecule has 6 atom stereocenters. The lowest BCUT2D eigenvalue weighted by Crippen LogP contribution is -2.30. The Morgan fingerprint density at radius 1 is 0.311 bits per heavy atom. The van der Waals surface area contributed by atoms with E-state index in [2.05, 4.69) is 55.4 Å².